The van der Waals surface area contributed by atoms with Crippen LogP contribution in [0.1, 0.15) is 49.1 Å². The number of aromatic nitrogens is 2. The normalized spacial score (nSPS) is 14.2. The molecule has 1 unspecified atom stereocenters. The van der Waals surface area contributed by atoms with E-state index in [0.29, 0.717) is 24.5 Å². The van der Waals surface area contributed by atoms with Crippen molar-refractivity contribution in [1.29, 1.82) is 0 Å². The van der Waals surface area contributed by atoms with Gasteiger partial charge in [-0.25, -0.2) is 14.8 Å². The average molecular weight is 253 g/mol. The summed E-state index contributed by atoms with van der Waals surface area (Å²) in [6.45, 7) is 7.83. The lowest BCUT2D eigenvalue weighted by molar-refractivity contribution is -0.0390. The van der Waals surface area contributed by atoms with E-state index in [-0.39, 0.29) is 11.4 Å². The van der Waals surface area contributed by atoms with Crippen molar-refractivity contribution in [1.82, 2.24) is 9.97 Å². The maximum absolute atomic E-state index is 11.0. The summed E-state index contributed by atoms with van der Waals surface area (Å²) < 4.78 is 5.65. The molecule has 0 radical (unpaired) electrons. The quantitative estimate of drug-likeness (QED) is 0.829. The summed E-state index contributed by atoms with van der Waals surface area (Å²) in [5, 5.41) is 9.01. The first kappa shape index (κ1) is 14.4. The van der Waals surface area contributed by atoms with Crippen molar-refractivity contribution in [2.24, 2.45) is 0 Å². The molecule has 1 aromatic heterocycles. The van der Waals surface area contributed by atoms with Gasteiger partial charge in [0.25, 0.3) is 0 Å². The van der Waals surface area contributed by atoms with Gasteiger partial charge >= 0.3 is 5.97 Å². The molecular weight excluding hydrogens is 234 g/mol. The van der Waals surface area contributed by atoms with Crippen molar-refractivity contribution in [3.8, 4) is 0 Å². The molecule has 0 saturated heterocycles. The Morgan fingerprint density at radius 3 is 2.44 bits per heavy atom. The molecule has 0 aliphatic heterocycles. The molecule has 1 heterocycles. The van der Waals surface area contributed by atoms with Gasteiger partial charge in [0.15, 0.2) is 5.82 Å². The van der Waals surface area contributed by atoms with E-state index in [2.05, 4.69) is 9.97 Å². The molecule has 0 aliphatic carbocycles. The number of nitrogens with two attached hydrogens (primary N) is 1. The number of hydrogen-bond acceptors (Lipinski definition) is 5. The molecule has 0 spiro atoms. The van der Waals surface area contributed by atoms with E-state index >= 15 is 0 Å². The maximum atomic E-state index is 11.0. The van der Waals surface area contributed by atoms with Crippen LogP contribution in [0.15, 0.2) is 0 Å². The summed E-state index contributed by atoms with van der Waals surface area (Å²) in [6, 6.07) is 0. The molecular formula is C12H19N3O3. The van der Waals surface area contributed by atoms with Crippen LogP contribution in [0.25, 0.3) is 0 Å². The number of nitrogen functional groups attached to an aromatic ring is 1. The van der Waals surface area contributed by atoms with Crippen molar-refractivity contribution < 1.29 is 14.6 Å². The molecule has 0 amide bonds. The van der Waals surface area contributed by atoms with Crippen molar-refractivity contribution in [3.63, 3.8) is 0 Å². The van der Waals surface area contributed by atoms with Crippen LogP contribution in [0.5, 0.6) is 0 Å². The molecule has 0 aliphatic rings. The number of aromatic carboxylic acids is 1. The van der Waals surface area contributed by atoms with Crippen LogP contribution in [0.2, 0.25) is 0 Å². The zero-order valence-electron chi connectivity index (χ0n) is 11.1. The summed E-state index contributed by atoms with van der Waals surface area (Å²) in [6.07, 6.45) is 0.673. The Bertz CT molecular complexity index is 439. The summed E-state index contributed by atoms with van der Waals surface area (Å²) >= 11 is 0. The maximum Gasteiger partial charge on any atom is 0.341 e. The number of anilines is 1. The van der Waals surface area contributed by atoms with Crippen LogP contribution in [-0.4, -0.2) is 27.7 Å². The predicted molar refractivity (Wildman–Crippen MR) is 67.4 cm³/mol. The number of hydrogen-bond donors (Lipinski definition) is 2. The smallest absolute Gasteiger partial charge is 0.341 e. The minimum absolute atomic E-state index is 0.0237. The second-order valence-electron chi connectivity index (χ2n) is 4.22. The van der Waals surface area contributed by atoms with Crippen molar-refractivity contribution in [2.75, 3.05) is 12.3 Å². The number of nitrogens with zero attached hydrogens (tertiary/aromatic N) is 2. The summed E-state index contributed by atoms with van der Waals surface area (Å²) in [5.74, 6) is -0.720. The van der Waals surface area contributed by atoms with E-state index in [0.717, 1.165) is 0 Å². The third-order valence-electron chi connectivity index (χ3n) is 2.94. The monoisotopic (exact) mass is 253 g/mol. The lowest BCUT2D eigenvalue weighted by atomic mass is 10.0. The Morgan fingerprint density at radius 1 is 1.44 bits per heavy atom. The van der Waals surface area contributed by atoms with Crippen LogP contribution in [0, 0.1) is 6.92 Å². The van der Waals surface area contributed by atoms with E-state index in [9.17, 15) is 4.79 Å². The van der Waals surface area contributed by atoms with Gasteiger partial charge in [-0.2, -0.15) is 0 Å². The van der Waals surface area contributed by atoms with E-state index in [1.807, 2.05) is 20.8 Å². The Morgan fingerprint density at radius 2 is 2.06 bits per heavy atom. The van der Waals surface area contributed by atoms with Gasteiger partial charge in [0.2, 0.25) is 0 Å². The highest BCUT2D eigenvalue weighted by molar-refractivity contribution is 5.93. The van der Waals surface area contributed by atoms with Gasteiger partial charge in [0, 0.05) is 6.61 Å². The van der Waals surface area contributed by atoms with Gasteiger partial charge in [-0.3, -0.25) is 0 Å². The van der Waals surface area contributed by atoms with E-state index in [1.54, 1.807) is 6.92 Å². The fourth-order valence-corrected chi connectivity index (χ4v) is 1.74. The van der Waals surface area contributed by atoms with Gasteiger partial charge in [-0.15, -0.1) is 0 Å². The van der Waals surface area contributed by atoms with Crippen LogP contribution in [0.4, 0.5) is 5.82 Å². The van der Waals surface area contributed by atoms with Gasteiger partial charge in [0.05, 0.1) is 5.69 Å². The first-order valence-electron chi connectivity index (χ1n) is 5.87. The number of carboxylic acid groups (broad SMARTS) is 1. The fourth-order valence-electron chi connectivity index (χ4n) is 1.74. The van der Waals surface area contributed by atoms with E-state index in [4.69, 9.17) is 15.6 Å². The number of carboxylic acids is 1. The Balaban J connectivity index is 3.32. The first-order valence-corrected chi connectivity index (χ1v) is 5.87. The minimum atomic E-state index is -1.12. The standard InChI is InChI=1S/C12H19N3O3/c1-5-12(4,18-6-2)11-14-7(3)8(10(16)17)9(13)15-11/h5-6H2,1-4H3,(H,16,17)(H2,13,14,15). The Kier molecular flexibility index (Phi) is 4.24. The third kappa shape index (κ3) is 2.59. The zero-order valence-corrected chi connectivity index (χ0v) is 11.1. The number of carbonyl (C=O) groups is 1. The number of rotatable bonds is 5. The van der Waals surface area contributed by atoms with Crippen LogP contribution >= 0.6 is 0 Å². The molecule has 0 aromatic carbocycles. The molecule has 100 valence electrons. The van der Waals surface area contributed by atoms with Crippen molar-refractivity contribution >= 4 is 11.8 Å². The van der Waals surface area contributed by atoms with Gasteiger partial charge < -0.3 is 15.6 Å². The number of ether oxygens (including phenoxy) is 1. The van der Waals surface area contributed by atoms with Crippen molar-refractivity contribution in [2.45, 2.75) is 39.7 Å². The Hall–Kier alpha value is -1.69. The number of aryl methyl sites for hydroxylation is 1. The molecule has 18 heavy (non-hydrogen) atoms. The molecule has 6 nitrogen and oxygen atoms in total. The molecule has 1 rings (SSSR count). The minimum Gasteiger partial charge on any atom is -0.477 e. The topological polar surface area (TPSA) is 98.3 Å². The third-order valence-corrected chi connectivity index (χ3v) is 2.94. The summed E-state index contributed by atoms with van der Waals surface area (Å²) in [4.78, 5) is 19.3. The van der Waals surface area contributed by atoms with Gasteiger partial charge in [-0.1, -0.05) is 6.92 Å². The fraction of sp³-hybridized carbons (Fsp3) is 0.583. The molecule has 0 fully saturated rings. The Labute approximate surface area is 106 Å². The van der Waals surface area contributed by atoms with Crippen LogP contribution in [-0.2, 0) is 10.3 Å². The molecule has 1 aromatic rings. The second kappa shape index (κ2) is 5.30. The first-order chi connectivity index (χ1) is 8.35. The SMILES string of the molecule is CCOC(C)(CC)c1nc(C)c(C(=O)O)c(N)n1. The average Bonchev–Trinajstić information content (AvgIpc) is 2.27. The van der Waals surface area contributed by atoms with Crippen molar-refractivity contribution in [3.05, 3.63) is 17.1 Å². The van der Waals surface area contributed by atoms with E-state index in [1.165, 1.54) is 0 Å². The molecule has 0 bridgehead atoms. The summed E-state index contributed by atoms with van der Waals surface area (Å²) in [5.41, 5.74) is 5.34. The highest BCUT2D eigenvalue weighted by atomic mass is 16.5. The lowest BCUT2D eigenvalue weighted by Gasteiger charge is -2.27. The highest BCUT2D eigenvalue weighted by Gasteiger charge is 2.30. The van der Waals surface area contributed by atoms with E-state index < -0.39 is 11.6 Å². The summed E-state index contributed by atoms with van der Waals surface area (Å²) in [7, 11) is 0. The van der Waals surface area contributed by atoms with Gasteiger partial charge in [-0.05, 0) is 27.2 Å². The molecule has 3 N–H and O–H groups in total. The molecule has 0 saturated carbocycles. The molecule has 1 atom stereocenters. The lowest BCUT2D eigenvalue weighted by Crippen LogP contribution is -2.29. The largest absolute Gasteiger partial charge is 0.477 e. The predicted octanol–water partition coefficient (Wildman–Crippen LogP) is 1.73. The van der Waals surface area contributed by atoms with Gasteiger partial charge in [0.1, 0.15) is 17.0 Å². The second-order valence-corrected chi connectivity index (χ2v) is 4.22. The molecule has 6 heteroatoms. The highest BCUT2D eigenvalue weighted by Crippen LogP contribution is 2.28. The van der Waals surface area contributed by atoms with Crippen LogP contribution < -0.4 is 5.73 Å². The zero-order chi connectivity index (χ0) is 13.9. The van der Waals surface area contributed by atoms with Crippen LogP contribution in [0.3, 0.4) is 0 Å².